The Balaban J connectivity index is 1.63. The third kappa shape index (κ3) is 11.0. The summed E-state index contributed by atoms with van der Waals surface area (Å²) in [5, 5.41) is 17.3. The van der Waals surface area contributed by atoms with Gasteiger partial charge in [-0.1, -0.05) is 26.0 Å². The van der Waals surface area contributed by atoms with E-state index in [1.165, 1.54) is 12.1 Å². The molecule has 2 amide bonds. The van der Waals surface area contributed by atoms with Crippen LogP contribution >= 0.6 is 0 Å². The van der Waals surface area contributed by atoms with Gasteiger partial charge in [0.15, 0.2) is 0 Å². The van der Waals surface area contributed by atoms with Gasteiger partial charge in [0, 0.05) is 43.4 Å². The number of halogens is 2. The minimum Gasteiger partial charge on any atom is -0.497 e. The van der Waals surface area contributed by atoms with Crippen LogP contribution in [0.25, 0.3) is 0 Å². The Morgan fingerprint density at radius 3 is 2.04 bits per heavy atom. The van der Waals surface area contributed by atoms with Crippen molar-refractivity contribution in [3.8, 4) is 23.0 Å². The molecule has 0 aromatic heterocycles. The SMILES string of the molecule is CCCN(CCC)C(=O)c1cc(Oc2ccc(OC)cc2)cc(C(=O)N[C@@H](Cc2cc(F)cc(F)c2)[C@H](O)CNCc2cccc(OC)c2)c1. The highest BCUT2D eigenvalue weighted by atomic mass is 19.1. The molecule has 0 radical (unpaired) electrons. The van der Waals surface area contributed by atoms with E-state index in [-0.39, 0.29) is 41.3 Å². The van der Waals surface area contributed by atoms with Gasteiger partial charge >= 0.3 is 0 Å². The van der Waals surface area contributed by atoms with Gasteiger partial charge in [0.1, 0.15) is 34.6 Å². The zero-order valence-corrected chi connectivity index (χ0v) is 28.9. The van der Waals surface area contributed by atoms with Crippen molar-refractivity contribution in [3.05, 3.63) is 119 Å². The van der Waals surface area contributed by atoms with E-state index in [0.29, 0.717) is 36.9 Å². The fraction of sp³-hybridized carbons (Fsp3) is 0.333. The summed E-state index contributed by atoms with van der Waals surface area (Å²) >= 11 is 0. The van der Waals surface area contributed by atoms with E-state index in [9.17, 15) is 23.5 Å². The molecule has 4 rings (SSSR count). The normalized spacial score (nSPS) is 12.1. The van der Waals surface area contributed by atoms with Crippen LogP contribution < -0.4 is 24.8 Å². The molecular formula is C39H45F2N3O6. The number of hydrogen-bond donors (Lipinski definition) is 3. The number of nitrogens with zero attached hydrogens (tertiary/aromatic N) is 1. The van der Waals surface area contributed by atoms with Gasteiger partial charge in [-0.25, -0.2) is 8.78 Å². The zero-order chi connectivity index (χ0) is 36.0. The van der Waals surface area contributed by atoms with E-state index in [0.717, 1.165) is 36.6 Å². The standard InChI is InChI=1S/C39H45F2N3O6/c1-5-14-44(15-6-2)39(47)29-20-28(21-35(22-29)50-33-12-10-32(48-3)11-13-33)38(46)43-36(19-27-16-30(40)23-31(41)17-27)37(45)25-42-24-26-8-7-9-34(18-26)49-4/h7-13,16-18,20-23,36-37,42,45H,5-6,14-15,19,24-25H2,1-4H3,(H,43,46)/t36-,37+/m0/s1. The summed E-state index contributed by atoms with van der Waals surface area (Å²) in [6, 6.07) is 21.0. The van der Waals surface area contributed by atoms with Crippen molar-refractivity contribution in [2.75, 3.05) is 33.9 Å². The van der Waals surface area contributed by atoms with Gasteiger partial charge < -0.3 is 34.9 Å². The number of methoxy groups -OCH3 is 2. The number of ether oxygens (including phenoxy) is 3. The van der Waals surface area contributed by atoms with Gasteiger partial charge in [-0.2, -0.15) is 0 Å². The third-order valence-corrected chi connectivity index (χ3v) is 7.96. The summed E-state index contributed by atoms with van der Waals surface area (Å²) in [4.78, 5) is 29.4. The fourth-order valence-electron chi connectivity index (χ4n) is 5.54. The minimum atomic E-state index is -1.17. The Labute approximate surface area is 292 Å². The van der Waals surface area contributed by atoms with Crippen molar-refractivity contribution >= 4 is 11.8 Å². The fourth-order valence-corrected chi connectivity index (χ4v) is 5.54. The van der Waals surface area contributed by atoms with Crippen LogP contribution in [0.4, 0.5) is 8.78 Å². The number of nitrogens with one attached hydrogen (secondary N) is 2. The molecule has 4 aromatic carbocycles. The van der Waals surface area contributed by atoms with Gasteiger partial charge in [0.2, 0.25) is 0 Å². The lowest BCUT2D eigenvalue weighted by Crippen LogP contribution is -2.48. The summed E-state index contributed by atoms with van der Waals surface area (Å²) in [6.45, 7) is 5.50. The second-order valence-electron chi connectivity index (χ2n) is 11.9. The minimum absolute atomic E-state index is 0.0489. The summed E-state index contributed by atoms with van der Waals surface area (Å²) in [7, 11) is 3.13. The maximum atomic E-state index is 14.2. The average Bonchev–Trinajstić information content (AvgIpc) is 3.10. The predicted octanol–water partition coefficient (Wildman–Crippen LogP) is 6.53. The van der Waals surface area contributed by atoms with Crippen LogP contribution in [0.2, 0.25) is 0 Å². The molecule has 0 aliphatic rings. The number of hydrogen-bond acceptors (Lipinski definition) is 7. The lowest BCUT2D eigenvalue weighted by Gasteiger charge is -2.26. The Hall–Kier alpha value is -5.00. The van der Waals surface area contributed by atoms with Crippen molar-refractivity contribution in [2.24, 2.45) is 0 Å². The molecule has 2 atom stereocenters. The number of carbonyl (C=O) groups excluding carboxylic acids is 2. The number of benzene rings is 4. The third-order valence-electron chi connectivity index (χ3n) is 7.96. The van der Waals surface area contributed by atoms with Crippen molar-refractivity contribution in [3.63, 3.8) is 0 Å². The monoisotopic (exact) mass is 689 g/mol. The second kappa shape index (κ2) is 18.7. The molecule has 0 fully saturated rings. The van der Waals surface area contributed by atoms with Gasteiger partial charge in [0.25, 0.3) is 11.8 Å². The number of carbonyl (C=O) groups is 2. The second-order valence-corrected chi connectivity index (χ2v) is 11.9. The average molecular weight is 690 g/mol. The Kier molecular flexibility index (Phi) is 14.1. The molecule has 0 unspecified atom stereocenters. The summed E-state index contributed by atoms with van der Waals surface area (Å²) in [6.07, 6.45) is 0.276. The molecule has 0 saturated carbocycles. The van der Waals surface area contributed by atoms with Gasteiger partial charge in [-0.05, 0) is 97.1 Å². The molecule has 9 nitrogen and oxygen atoms in total. The van der Waals surface area contributed by atoms with E-state index in [1.54, 1.807) is 49.5 Å². The highest BCUT2D eigenvalue weighted by Gasteiger charge is 2.25. The molecule has 3 N–H and O–H groups in total. The largest absolute Gasteiger partial charge is 0.497 e. The van der Waals surface area contributed by atoms with E-state index in [4.69, 9.17) is 14.2 Å². The predicted molar refractivity (Wildman–Crippen MR) is 188 cm³/mol. The first-order valence-electron chi connectivity index (χ1n) is 16.7. The lowest BCUT2D eigenvalue weighted by molar-refractivity contribution is 0.0755. The van der Waals surface area contributed by atoms with Crippen LogP contribution in [0.3, 0.4) is 0 Å². The van der Waals surface area contributed by atoms with Crippen molar-refractivity contribution in [2.45, 2.75) is 51.8 Å². The molecule has 0 heterocycles. The molecule has 0 saturated heterocycles. The van der Waals surface area contributed by atoms with E-state index < -0.39 is 29.7 Å². The van der Waals surface area contributed by atoms with E-state index in [2.05, 4.69) is 10.6 Å². The number of amides is 2. The van der Waals surface area contributed by atoms with Gasteiger partial charge in [-0.3, -0.25) is 9.59 Å². The first kappa shape index (κ1) is 37.8. The van der Waals surface area contributed by atoms with Crippen molar-refractivity contribution in [1.82, 2.24) is 15.5 Å². The van der Waals surface area contributed by atoms with Crippen LogP contribution in [0.5, 0.6) is 23.0 Å². The van der Waals surface area contributed by atoms with Crippen LogP contribution in [0, 0.1) is 11.6 Å². The summed E-state index contributed by atoms with van der Waals surface area (Å²) in [5.74, 6) is -0.366. The smallest absolute Gasteiger partial charge is 0.254 e. The molecule has 0 aliphatic heterocycles. The highest BCUT2D eigenvalue weighted by Crippen LogP contribution is 2.27. The number of aliphatic hydroxyl groups excluding tert-OH is 1. The number of aliphatic hydroxyl groups is 1. The Bertz CT molecular complexity index is 1690. The molecule has 11 heteroatoms. The van der Waals surface area contributed by atoms with Crippen LogP contribution in [0.1, 0.15) is 58.5 Å². The number of rotatable bonds is 18. The Morgan fingerprint density at radius 2 is 1.40 bits per heavy atom. The van der Waals surface area contributed by atoms with Crippen LogP contribution in [-0.2, 0) is 13.0 Å². The molecule has 0 aliphatic carbocycles. The molecule has 266 valence electrons. The molecule has 0 spiro atoms. The topological polar surface area (TPSA) is 109 Å². The maximum absolute atomic E-state index is 14.2. The van der Waals surface area contributed by atoms with E-state index >= 15 is 0 Å². The van der Waals surface area contributed by atoms with Gasteiger partial charge in [0.05, 0.1) is 26.4 Å². The van der Waals surface area contributed by atoms with Gasteiger partial charge in [-0.15, -0.1) is 0 Å². The Morgan fingerprint density at radius 1 is 0.760 bits per heavy atom. The summed E-state index contributed by atoms with van der Waals surface area (Å²) < 4.78 is 44.9. The molecule has 4 aromatic rings. The maximum Gasteiger partial charge on any atom is 0.254 e. The first-order chi connectivity index (χ1) is 24.1. The molecule has 50 heavy (non-hydrogen) atoms. The quantitative estimate of drug-likeness (QED) is 0.109. The first-order valence-corrected chi connectivity index (χ1v) is 16.7. The van der Waals surface area contributed by atoms with Crippen molar-refractivity contribution < 1.29 is 37.7 Å². The van der Waals surface area contributed by atoms with Crippen molar-refractivity contribution in [1.29, 1.82) is 0 Å². The zero-order valence-electron chi connectivity index (χ0n) is 28.9. The van der Waals surface area contributed by atoms with Crippen LogP contribution in [0.15, 0.2) is 84.9 Å². The molecule has 0 bridgehead atoms. The lowest BCUT2D eigenvalue weighted by atomic mass is 9.99. The van der Waals surface area contributed by atoms with Crippen LogP contribution in [-0.4, -0.2) is 67.8 Å². The summed E-state index contributed by atoms with van der Waals surface area (Å²) in [5.41, 5.74) is 1.53. The highest BCUT2D eigenvalue weighted by molar-refractivity contribution is 6.00. The molecular weight excluding hydrogens is 644 g/mol. The van der Waals surface area contributed by atoms with E-state index in [1.807, 2.05) is 38.1 Å².